The molecule has 9 heteroatoms. The van der Waals surface area contributed by atoms with Crippen LogP contribution in [0.15, 0.2) is 106 Å². The molecule has 0 saturated heterocycles. The van der Waals surface area contributed by atoms with Crippen LogP contribution in [0.2, 0.25) is 10.0 Å². The van der Waals surface area contributed by atoms with Crippen molar-refractivity contribution in [3.63, 3.8) is 0 Å². The van der Waals surface area contributed by atoms with Gasteiger partial charge in [-0.2, -0.15) is 0 Å². The van der Waals surface area contributed by atoms with E-state index in [2.05, 4.69) is 4.99 Å². The van der Waals surface area contributed by atoms with E-state index < -0.39 is 12.0 Å². The molecule has 0 spiro atoms. The summed E-state index contributed by atoms with van der Waals surface area (Å²) in [5.41, 5.74) is 2.77. The highest BCUT2D eigenvalue weighted by Crippen LogP contribution is 2.35. The summed E-state index contributed by atoms with van der Waals surface area (Å²) in [6.07, 6.45) is 1.84. The molecule has 0 unspecified atom stereocenters. The van der Waals surface area contributed by atoms with Crippen molar-refractivity contribution in [3.8, 4) is 5.75 Å². The Balaban J connectivity index is 1.54. The molecule has 1 aromatic heterocycles. The molecule has 0 bridgehead atoms. The molecular weight excluding hydrogens is 603 g/mol. The van der Waals surface area contributed by atoms with E-state index in [1.165, 1.54) is 15.9 Å². The van der Waals surface area contributed by atoms with Gasteiger partial charge in [-0.3, -0.25) is 9.36 Å². The largest absolute Gasteiger partial charge is 0.488 e. The first kappa shape index (κ1) is 28.9. The van der Waals surface area contributed by atoms with Crippen LogP contribution in [0.3, 0.4) is 0 Å². The minimum absolute atomic E-state index is 0.189. The zero-order valence-electron chi connectivity index (χ0n) is 23.3. The standard InChI is InChI=1S/C34H26Cl2N2O4S/c1-3-41-33(40)30-20(2)37-34-38(31(30)25-13-6-7-14-27(25)36)32(39)29(43-34)18-26-24-12-5-4-10-22(24)15-16-28(26)42-19-21-9-8-11-23(35)17-21/h4-18,31H,3,19H2,1-2H3/b29-18-/t31-/m0/s1. The quantitative estimate of drug-likeness (QED) is 0.185. The van der Waals surface area contributed by atoms with Crippen LogP contribution in [-0.2, 0) is 16.1 Å². The number of hydrogen-bond acceptors (Lipinski definition) is 6. The Morgan fingerprint density at radius 1 is 1.02 bits per heavy atom. The van der Waals surface area contributed by atoms with Crippen LogP contribution in [0, 0.1) is 0 Å². The molecule has 2 heterocycles. The number of halogens is 2. The van der Waals surface area contributed by atoms with Crippen LogP contribution >= 0.6 is 34.5 Å². The lowest BCUT2D eigenvalue weighted by Gasteiger charge is -2.25. The van der Waals surface area contributed by atoms with Gasteiger partial charge in [-0.1, -0.05) is 95.2 Å². The number of aromatic nitrogens is 1. The third-order valence-electron chi connectivity index (χ3n) is 7.21. The summed E-state index contributed by atoms with van der Waals surface area (Å²) in [7, 11) is 0. The predicted octanol–water partition coefficient (Wildman–Crippen LogP) is 6.84. The van der Waals surface area contributed by atoms with Crippen molar-refractivity contribution in [2.75, 3.05) is 6.61 Å². The number of thiazole rings is 1. The average Bonchev–Trinajstić information content (AvgIpc) is 3.30. The molecule has 6 nitrogen and oxygen atoms in total. The number of allylic oxidation sites excluding steroid dienone is 1. The van der Waals surface area contributed by atoms with Gasteiger partial charge in [0.05, 0.1) is 22.4 Å². The molecule has 1 aliphatic rings. The number of carbonyl (C=O) groups is 1. The fraction of sp³-hybridized carbons (Fsp3) is 0.147. The zero-order chi connectivity index (χ0) is 30.1. The van der Waals surface area contributed by atoms with E-state index in [1.807, 2.05) is 84.9 Å². The molecule has 0 amide bonds. The van der Waals surface area contributed by atoms with Gasteiger partial charge in [0.2, 0.25) is 0 Å². The van der Waals surface area contributed by atoms with Crippen molar-refractivity contribution in [1.29, 1.82) is 0 Å². The first-order valence-electron chi connectivity index (χ1n) is 13.7. The van der Waals surface area contributed by atoms with Crippen LogP contribution in [0.5, 0.6) is 5.75 Å². The topological polar surface area (TPSA) is 69.9 Å². The monoisotopic (exact) mass is 628 g/mol. The number of benzene rings is 4. The van der Waals surface area contributed by atoms with Crippen molar-refractivity contribution >= 4 is 57.4 Å². The Kier molecular flexibility index (Phi) is 8.21. The number of rotatable bonds is 7. The second kappa shape index (κ2) is 12.2. The van der Waals surface area contributed by atoms with Crippen molar-refractivity contribution in [3.05, 3.63) is 143 Å². The van der Waals surface area contributed by atoms with E-state index in [0.29, 0.717) is 43.0 Å². The lowest BCUT2D eigenvalue weighted by atomic mass is 9.96. The zero-order valence-corrected chi connectivity index (χ0v) is 25.7. The normalized spacial score (nSPS) is 14.9. The summed E-state index contributed by atoms with van der Waals surface area (Å²) in [5.74, 6) is 0.0873. The van der Waals surface area contributed by atoms with Gasteiger partial charge in [0, 0.05) is 15.6 Å². The fourth-order valence-electron chi connectivity index (χ4n) is 5.25. The van der Waals surface area contributed by atoms with E-state index in [4.69, 9.17) is 32.7 Å². The van der Waals surface area contributed by atoms with Gasteiger partial charge in [0.25, 0.3) is 5.56 Å². The minimum atomic E-state index is -0.794. The maximum Gasteiger partial charge on any atom is 0.338 e. The maximum absolute atomic E-state index is 14.2. The summed E-state index contributed by atoms with van der Waals surface area (Å²) in [5, 5.41) is 3.00. The van der Waals surface area contributed by atoms with E-state index in [0.717, 1.165) is 21.9 Å². The lowest BCUT2D eigenvalue weighted by Crippen LogP contribution is -2.40. The van der Waals surface area contributed by atoms with Gasteiger partial charge in [-0.25, -0.2) is 9.79 Å². The fourth-order valence-corrected chi connectivity index (χ4v) is 6.73. The van der Waals surface area contributed by atoms with Gasteiger partial charge < -0.3 is 9.47 Å². The van der Waals surface area contributed by atoms with E-state index in [9.17, 15) is 9.59 Å². The molecule has 0 aliphatic carbocycles. The molecule has 4 aromatic carbocycles. The van der Waals surface area contributed by atoms with Crippen LogP contribution < -0.4 is 19.6 Å². The summed E-state index contributed by atoms with van der Waals surface area (Å²) in [6, 6.07) is 25.7. The molecule has 0 fully saturated rings. The molecule has 216 valence electrons. The first-order valence-corrected chi connectivity index (χ1v) is 15.3. The number of nitrogens with zero attached hydrogens (tertiary/aromatic N) is 2. The van der Waals surface area contributed by atoms with Crippen molar-refractivity contribution in [2.45, 2.75) is 26.5 Å². The Morgan fingerprint density at radius 2 is 1.81 bits per heavy atom. The SMILES string of the molecule is CCOC(=O)C1=C(C)N=c2s/c(=C\c3c(OCc4cccc(Cl)c4)ccc4ccccc34)c(=O)n2[C@H]1c1ccccc1Cl. The van der Waals surface area contributed by atoms with Crippen molar-refractivity contribution < 1.29 is 14.3 Å². The second-order valence-corrected chi connectivity index (χ2v) is 11.8. The average molecular weight is 630 g/mol. The Labute approximate surface area is 261 Å². The first-order chi connectivity index (χ1) is 20.9. The Morgan fingerprint density at radius 3 is 2.60 bits per heavy atom. The number of carbonyl (C=O) groups excluding carboxylic acids is 1. The molecule has 1 atom stereocenters. The summed E-state index contributed by atoms with van der Waals surface area (Å²) in [6.45, 7) is 3.98. The minimum Gasteiger partial charge on any atom is -0.488 e. The molecular formula is C34H26Cl2N2O4S. The highest BCUT2D eigenvalue weighted by atomic mass is 35.5. The predicted molar refractivity (Wildman–Crippen MR) is 172 cm³/mol. The third-order valence-corrected chi connectivity index (χ3v) is 8.77. The number of fused-ring (bicyclic) bond motifs is 2. The smallest absolute Gasteiger partial charge is 0.338 e. The van der Waals surface area contributed by atoms with Crippen LogP contribution in [-0.4, -0.2) is 17.1 Å². The van der Waals surface area contributed by atoms with Gasteiger partial charge in [0.1, 0.15) is 18.4 Å². The van der Waals surface area contributed by atoms with E-state index >= 15 is 0 Å². The van der Waals surface area contributed by atoms with Gasteiger partial charge in [-0.15, -0.1) is 0 Å². The Bertz CT molecular complexity index is 2100. The summed E-state index contributed by atoms with van der Waals surface area (Å²) >= 11 is 14.1. The van der Waals surface area contributed by atoms with E-state index in [-0.39, 0.29) is 17.7 Å². The molecule has 0 saturated carbocycles. The van der Waals surface area contributed by atoms with Gasteiger partial charge in [-0.05, 0) is 66.1 Å². The maximum atomic E-state index is 14.2. The molecule has 6 rings (SSSR count). The van der Waals surface area contributed by atoms with Crippen LogP contribution in [0.1, 0.15) is 36.6 Å². The molecule has 43 heavy (non-hydrogen) atoms. The molecule has 1 aliphatic heterocycles. The Hall–Kier alpha value is -4.17. The number of esters is 1. The lowest BCUT2D eigenvalue weighted by molar-refractivity contribution is -0.139. The van der Waals surface area contributed by atoms with Gasteiger partial charge >= 0.3 is 5.97 Å². The van der Waals surface area contributed by atoms with Crippen LogP contribution in [0.4, 0.5) is 0 Å². The highest BCUT2D eigenvalue weighted by Gasteiger charge is 2.34. The summed E-state index contributed by atoms with van der Waals surface area (Å²) < 4.78 is 13.7. The number of hydrogen-bond donors (Lipinski definition) is 0. The van der Waals surface area contributed by atoms with Crippen molar-refractivity contribution in [2.24, 2.45) is 4.99 Å². The number of ether oxygens (including phenoxy) is 2. The third kappa shape index (κ3) is 5.64. The summed E-state index contributed by atoms with van der Waals surface area (Å²) in [4.78, 5) is 32.6. The van der Waals surface area contributed by atoms with Crippen LogP contribution in [0.25, 0.3) is 16.8 Å². The van der Waals surface area contributed by atoms with Gasteiger partial charge in [0.15, 0.2) is 4.80 Å². The molecule has 0 N–H and O–H groups in total. The highest BCUT2D eigenvalue weighted by molar-refractivity contribution is 7.07. The second-order valence-electron chi connectivity index (χ2n) is 9.94. The van der Waals surface area contributed by atoms with Crippen molar-refractivity contribution in [1.82, 2.24) is 4.57 Å². The molecule has 0 radical (unpaired) electrons. The molecule has 5 aromatic rings. The van der Waals surface area contributed by atoms with E-state index in [1.54, 1.807) is 19.9 Å².